The number of pyridine rings is 1. The van der Waals surface area contributed by atoms with Gasteiger partial charge in [0.05, 0.1) is 6.07 Å². The molecule has 0 spiro atoms. The van der Waals surface area contributed by atoms with Gasteiger partial charge in [-0.3, -0.25) is 14.6 Å². The molecule has 20 heavy (non-hydrogen) atoms. The van der Waals surface area contributed by atoms with E-state index in [9.17, 15) is 9.59 Å². The fraction of sp³-hybridized carbons (Fsp3) is 0.429. The van der Waals surface area contributed by atoms with Gasteiger partial charge in [-0.05, 0) is 25.0 Å². The van der Waals surface area contributed by atoms with Crippen LogP contribution in [0.5, 0.6) is 0 Å². The zero-order chi connectivity index (χ0) is 14.4. The number of piperidine rings is 1. The van der Waals surface area contributed by atoms with Gasteiger partial charge in [0.15, 0.2) is 0 Å². The lowest BCUT2D eigenvalue weighted by molar-refractivity contribution is -0.121. The number of carbonyl (C=O) groups excluding carboxylic acids is 2. The monoisotopic (exact) mass is 272 g/mol. The van der Waals surface area contributed by atoms with E-state index in [1.807, 2.05) is 6.07 Å². The van der Waals surface area contributed by atoms with E-state index in [-0.39, 0.29) is 24.3 Å². The van der Waals surface area contributed by atoms with Crippen molar-refractivity contribution in [2.24, 2.45) is 0 Å². The fourth-order valence-corrected chi connectivity index (χ4v) is 2.23. The van der Waals surface area contributed by atoms with Crippen LogP contribution < -0.4 is 5.32 Å². The molecule has 0 aromatic carbocycles. The molecule has 0 radical (unpaired) electrons. The summed E-state index contributed by atoms with van der Waals surface area (Å²) in [5.74, 6) is -0.325. The van der Waals surface area contributed by atoms with Gasteiger partial charge in [0.1, 0.15) is 12.1 Å². The van der Waals surface area contributed by atoms with Gasteiger partial charge in [-0.1, -0.05) is 6.07 Å². The number of carbonyl (C=O) groups is 2. The van der Waals surface area contributed by atoms with Crippen LogP contribution in [0.2, 0.25) is 0 Å². The summed E-state index contributed by atoms with van der Waals surface area (Å²) in [6.45, 7) is 1.18. The predicted octanol–water partition coefficient (Wildman–Crippen LogP) is 0.716. The van der Waals surface area contributed by atoms with Crippen molar-refractivity contribution in [3.05, 3.63) is 30.1 Å². The van der Waals surface area contributed by atoms with E-state index in [0.717, 1.165) is 0 Å². The first-order chi connectivity index (χ1) is 9.70. The van der Waals surface area contributed by atoms with Crippen molar-refractivity contribution in [3.8, 4) is 6.07 Å². The van der Waals surface area contributed by atoms with Gasteiger partial charge >= 0.3 is 0 Å². The molecule has 0 atom stereocenters. The maximum atomic E-state index is 12.2. The highest BCUT2D eigenvalue weighted by atomic mass is 16.2. The lowest BCUT2D eigenvalue weighted by atomic mass is 10.0. The van der Waals surface area contributed by atoms with Crippen LogP contribution in [-0.4, -0.2) is 40.8 Å². The van der Waals surface area contributed by atoms with Gasteiger partial charge in [0, 0.05) is 25.3 Å². The number of likely N-dealkylation sites (tertiary alicyclic amines) is 1. The number of amides is 2. The molecule has 6 nitrogen and oxygen atoms in total. The second-order valence-corrected chi connectivity index (χ2v) is 4.68. The molecule has 1 N–H and O–H groups in total. The minimum Gasteiger partial charge on any atom is -0.352 e. The second kappa shape index (κ2) is 6.66. The Labute approximate surface area is 117 Å². The Hall–Kier alpha value is -2.42. The molecular weight excluding hydrogens is 256 g/mol. The Morgan fingerprint density at radius 2 is 2.15 bits per heavy atom. The number of nitrogens with zero attached hydrogens (tertiary/aromatic N) is 3. The number of hydrogen-bond acceptors (Lipinski definition) is 4. The third-order valence-corrected chi connectivity index (χ3v) is 3.27. The molecule has 2 rings (SSSR count). The first-order valence-corrected chi connectivity index (χ1v) is 6.57. The third-order valence-electron chi connectivity index (χ3n) is 3.27. The summed E-state index contributed by atoms with van der Waals surface area (Å²) in [5.41, 5.74) is 0.444. The Balaban J connectivity index is 1.84. The first kappa shape index (κ1) is 14.0. The van der Waals surface area contributed by atoms with Gasteiger partial charge in [-0.2, -0.15) is 5.26 Å². The average molecular weight is 272 g/mol. The Morgan fingerprint density at radius 3 is 2.75 bits per heavy atom. The maximum absolute atomic E-state index is 12.2. The highest BCUT2D eigenvalue weighted by Gasteiger charge is 2.24. The molecule has 1 aliphatic heterocycles. The average Bonchev–Trinajstić information content (AvgIpc) is 2.48. The molecule has 0 bridgehead atoms. The summed E-state index contributed by atoms with van der Waals surface area (Å²) in [5, 5.41) is 11.2. The fourth-order valence-electron chi connectivity index (χ4n) is 2.23. The molecule has 0 unspecified atom stereocenters. The summed E-state index contributed by atoms with van der Waals surface area (Å²) >= 11 is 0. The van der Waals surface area contributed by atoms with Crippen LogP contribution in [0.4, 0.5) is 0 Å². The molecular formula is C14H16N4O2. The summed E-state index contributed by atoms with van der Waals surface area (Å²) in [7, 11) is 0. The quantitative estimate of drug-likeness (QED) is 0.878. The van der Waals surface area contributed by atoms with Gasteiger partial charge in [0.2, 0.25) is 5.91 Å². The van der Waals surface area contributed by atoms with Crippen LogP contribution in [-0.2, 0) is 4.79 Å². The standard InChI is InChI=1S/C14H16N4O2/c15-7-4-13(19)17-11-5-9-18(10-6-11)14(20)12-3-1-2-8-16-12/h1-3,8,11H,4-6,9-10H2,(H,17,19). The topological polar surface area (TPSA) is 86.1 Å². The number of aromatic nitrogens is 1. The molecule has 6 heteroatoms. The van der Waals surface area contributed by atoms with E-state index in [1.165, 1.54) is 0 Å². The highest BCUT2D eigenvalue weighted by molar-refractivity contribution is 5.92. The molecule has 0 aliphatic carbocycles. The van der Waals surface area contributed by atoms with Crippen LogP contribution in [0.3, 0.4) is 0 Å². The Bertz CT molecular complexity index is 516. The van der Waals surface area contributed by atoms with E-state index < -0.39 is 0 Å². The van der Waals surface area contributed by atoms with Crippen LogP contribution in [0.25, 0.3) is 0 Å². The molecule has 2 amide bonds. The number of nitrogens with one attached hydrogen (secondary N) is 1. The molecule has 1 saturated heterocycles. The van der Waals surface area contributed by atoms with Crippen LogP contribution in [0.1, 0.15) is 29.8 Å². The maximum Gasteiger partial charge on any atom is 0.272 e. The second-order valence-electron chi connectivity index (χ2n) is 4.68. The van der Waals surface area contributed by atoms with E-state index in [1.54, 1.807) is 29.3 Å². The van der Waals surface area contributed by atoms with E-state index in [0.29, 0.717) is 31.6 Å². The third kappa shape index (κ3) is 3.54. The molecule has 1 aromatic heterocycles. The zero-order valence-corrected chi connectivity index (χ0v) is 11.1. The van der Waals surface area contributed by atoms with Gasteiger partial charge < -0.3 is 10.2 Å². The molecule has 1 aromatic rings. The highest BCUT2D eigenvalue weighted by Crippen LogP contribution is 2.13. The summed E-state index contributed by atoms with van der Waals surface area (Å²) < 4.78 is 0. The van der Waals surface area contributed by atoms with E-state index in [4.69, 9.17) is 5.26 Å². The van der Waals surface area contributed by atoms with Gasteiger partial charge in [0.25, 0.3) is 5.91 Å². The van der Waals surface area contributed by atoms with Crippen LogP contribution in [0, 0.1) is 11.3 Å². The number of rotatable bonds is 3. The Kier molecular flexibility index (Phi) is 4.66. The van der Waals surface area contributed by atoms with E-state index in [2.05, 4.69) is 10.3 Å². The number of hydrogen-bond donors (Lipinski definition) is 1. The van der Waals surface area contributed by atoms with Crippen molar-refractivity contribution in [1.29, 1.82) is 5.26 Å². The summed E-state index contributed by atoms with van der Waals surface area (Å²) in [6.07, 6.45) is 2.89. The molecule has 1 aliphatic rings. The minimum atomic E-state index is -0.248. The lowest BCUT2D eigenvalue weighted by Gasteiger charge is -2.32. The summed E-state index contributed by atoms with van der Waals surface area (Å²) in [6, 6.07) is 7.12. The minimum absolute atomic E-state index is 0.0450. The lowest BCUT2D eigenvalue weighted by Crippen LogP contribution is -2.46. The van der Waals surface area contributed by atoms with Crippen LogP contribution in [0.15, 0.2) is 24.4 Å². The molecule has 0 saturated carbocycles. The van der Waals surface area contributed by atoms with Gasteiger partial charge in [-0.25, -0.2) is 0 Å². The van der Waals surface area contributed by atoms with Crippen molar-refractivity contribution in [2.75, 3.05) is 13.1 Å². The van der Waals surface area contributed by atoms with E-state index >= 15 is 0 Å². The molecule has 2 heterocycles. The molecule has 104 valence electrons. The predicted molar refractivity (Wildman–Crippen MR) is 71.5 cm³/mol. The number of nitriles is 1. The Morgan fingerprint density at radius 1 is 1.40 bits per heavy atom. The van der Waals surface area contributed by atoms with Crippen LogP contribution >= 0.6 is 0 Å². The normalized spacial score (nSPS) is 15.4. The van der Waals surface area contributed by atoms with Crippen molar-refractivity contribution in [2.45, 2.75) is 25.3 Å². The summed E-state index contributed by atoms with van der Waals surface area (Å²) in [4.78, 5) is 29.3. The zero-order valence-electron chi connectivity index (χ0n) is 11.1. The van der Waals surface area contributed by atoms with Crippen molar-refractivity contribution in [1.82, 2.24) is 15.2 Å². The largest absolute Gasteiger partial charge is 0.352 e. The van der Waals surface area contributed by atoms with Crippen molar-refractivity contribution in [3.63, 3.8) is 0 Å². The smallest absolute Gasteiger partial charge is 0.272 e. The first-order valence-electron chi connectivity index (χ1n) is 6.57. The van der Waals surface area contributed by atoms with Crippen molar-refractivity contribution < 1.29 is 9.59 Å². The van der Waals surface area contributed by atoms with Gasteiger partial charge in [-0.15, -0.1) is 0 Å². The SMILES string of the molecule is N#CCC(=O)NC1CCN(C(=O)c2ccccn2)CC1. The molecule has 1 fully saturated rings. The van der Waals surface area contributed by atoms with Crippen molar-refractivity contribution >= 4 is 11.8 Å².